The van der Waals surface area contributed by atoms with Gasteiger partial charge in [-0.25, -0.2) is 22.9 Å². The predicted octanol–water partition coefficient (Wildman–Crippen LogP) is 9.12. The second-order valence-electron chi connectivity index (χ2n) is 11.3. The van der Waals surface area contributed by atoms with Crippen LogP contribution >= 0.6 is 0 Å². The summed E-state index contributed by atoms with van der Waals surface area (Å²) >= 11 is 0. The molecule has 1 aliphatic rings. The van der Waals surface area contributed by atoms with Gasteiger partial charge in [0.2, 0.25) is 11.4 Å². The zero-order valence-corrected chi connectivity index (χ0v) is 24.9. The molecule has 48 heavy (non-hydrogen) atoms. The maximum Gasteiger partial charge on any atom is 0.222 e. The van der Waals surface area contributed by atoms with Gasteiger partial charge >= 0.3 is 0 Å². The van der Waals surface area contributed by atoms with Gasteiger partial charge in [-0.15, -0.1) is 0 Å². The molecule has 0 N–H and O–H groups in total. The average Bonchev–Trinajstić information content (AvgIpc) is 3.11. The molecule has 0 fully saturated rings. The number of halogens is 3. The van der Waals surface area contributed by atoms with Gasteiger partial charge in [-0.2, -0.15) is 5.26 Å². The molecule has 2 atom stereocenters. The Hall–Kier alpha value is -6.63. The minimum absolute atomic E-state index is 0.128. The second kappa shape index (κ2) is 12.3. The summed E-state index contributed by atoms with van der Waals surface area (Å²) in [6, 6.07) is 31.3. The highest BCUT2D eigenvalue weighted by atomic mass is 19.1. The maximum atomic E-state index is 14.6. The van der Waals surface area contributed by atoms with E-state index in [4.69, 9.17) is 28.1 Å². The van der Waals surface area contributed by atoms with Crippen LogP contribution in [-0.4, -0.2) is 15.0 Å². The molecule has 6 bridgehead atoms. The van der Waals surface area contributed by atoms with E-state index >= 15 is 0 Å². The molecule has 0 saturated heterocycles. The van der Waals surface area contributed by atoms with Crippen molar-refractivity contribution in [2.45, 2.75) is 17.8 Å². The molecule has 0 amide bonds. The molecule has 6 nitrogen and oxygen atoms in total. The lowest BCUT2D eigenvalue weighted by molar-refractivity contribution is 0.622. The van der Waals surface area contributed by atoms with Crippen molar-refractivity contribution in [1.29, 1.82) is 5.26 Å². The molecule has 228 valence electrons. The Morgan fingerprint density at radius 1 is 0.500 bits per heavy atom. The van der Waals surface area contributed by atoms with Gasteiger partial charge in [-0.1, -0.05) is 36.4 Å². The maximum absolute atomic E-state index is 14.6. The van der Waals surface area contributed by atoms with Gasteiger partial charge < -0.3 is 0 Å². The highest BCUT2D eigenvalue weighted by Gasteiger charge is 2.29. The van der Waals surface area contributed by atoms with Gasteiger partial charge in [0.15, 0.2) is 0 Å². The van der Waals surface area contributed by atoms with Crippen LogP contribution in [0, 0.1) is 41.9 Å². The lowest BCUT2D eigenvalue weighted by Crippen LogP contribution is -2.17. The summed E-state index contributed by atoms with van der Waals surface area (Å²) in [6.45, 7) is 15.1. The van der Waals surface area contributed by atoms with Crippen LogP contribution in [0.25, 0.3) is 9.69 Å². The minimum Gasteiger partial charge on any atom is -0.256 e. The molecular formula is C39H21F3N6. The standard InChI is InChI=1S/C39H21F3N6/c1-44-35-19-23(13-16-27(35)41)38-31-8-3-6-29(46-31)37(22-12-15-26(40)25(18-22)21-43)30-7-4-9-32(47-30)39(34-11-5-10-33(38)48-34)24-14-17-28(42)36(20-24)45-2/h3-20,37-39H. The third-order valence-electron chi connectivity index (χ3n) is 8.44. The predicted molar refractivity (Wildman–Crippen MR) is 172 cm³/mol. The smallest absolute Gasteiger partial charge is 0.222 e. The SMILES string of the molecule is [C-]#[N+]c1cc(C2c3cccc(n3)C(c3ccc(F)c(C#N)c3)c3cccc(n3)C(c3ccc(F)c([N+]#[C-])c3)c3cccc2n3)ccc1F. The highest BCUT2D eigenvalue weighted by molar-refractivity contribution is 5.55. The zero-order chi connectivity index (χ0) is 33.4. The van der Waals surface area contributed by atoms with E-state index in [-0.39, 0.29) is 16.9 Å². The number of nitrogens with zero attached hydrogens (tertiary/aromatic N) is 6. The quantitative estimate of drug-likeness (QED) is 0.183. The molecule has 9 heteroatoms. The fourth-order valence-electron chi connectivity index (χ4n) is 6.25. The van der Waals surface area contributed by atoms with E-state index in [1.165, 1.54) is 36.4 Å². The van der Waals surface area contributed by atoms with Gasteiger partial charge in [-0.05, 0) is 89.5 Å². The summed E-state index contributed by atoms with van der Waals surface area (Å²) in [6.07, 6.45) is 0. The normalized spacial score (nSPS) is 16.4. The van der Waals surface area contributed by atoms with E-state index in [9.17, 15) is 18.4 Å². The van der Waals surface area contributed by atoms with Crippen molar-refractivity contribution in [3.8, 4) is 6.07 Å². The molecule has 0 aliphatic carbocycles. The highest BCUT2D eigenvalue weighted by Crippen LogP contribution is 2.40. The Morgan fingerprint density at radius 3 is 1.17 bits per heavy atom. The van der Waals surface area contributed by atoms with E-state index in [2.05, 4.69) is 9.69 Å². The number of benzene rings is 3. The Kier molecular flexibility index (Phi) is 7.69. The van der Waals surface area contributed by atoms with Crippen LogP contribution < -0.4 is 0 Å². The van der Waals surface area contributed by atoms with Crippen molar-refractivity contribution in [2.75, 3.05) is 0 Å². The van der Waals surface area contributed by atoms with Gasteiger partial charge in [-0.3, -0.25) is 15.0 Å². The molecule has 1 aliphatic heterocycles. The fourth-order valence-corrected chi connectivity index (χ4v) is 6.25. The van der Waals surface area contributed by atoms with E-state index in [0.717, 1.165) is 0 Å². The van der Waals surface area contributed by atoms with Crippen LogP contribution in [0.15, 0.2) is 109 Å². The van der Waals surface area contributed by atoms with Crippen LogP contribution in [0.1, 0.15) is 74.2 Å². The van der Waals surface area contributed by atoms with Crippen molar-refractivity contribution in [2.24, 2.45) is 0 Å². The number of nitriles is 1. The van der Waals surface area contributed by atoms with Gasteiger partial charge in [0.1, 0.15) is 23.5 Å². The summed E-state index contributed by atoms with van der Waals surface area (Å²) in [7, 11) is 0. The molecule has 6 aromatic rings. The van der Waals surface area contributed by atoms with Crippen LogP contribution in [0.3, 0.4) is 0 Å². The number of hydrogen-bond donors (Lipinski definition) is 0. The molecule has 4 heterocycles. The fraction of sp³-hybridized carbons (Fsp3) is 0.0769. The summed E-state index contributed by atoms with van der Waals surface area (Å²) in [5, 5.41) is 9.67. The first-order chi connectivity index (χ1) is 23.4. The molecule has 0 saturated carbocycles. The van der Waals surface area contributed by atoms with Gasteiger partial charge in [0.05, 0.1) is 70.6 Å². The first-order valence-corrected chi connectivity index (χ1v) is 14.8. The van der Waals surface area contributed by atoms with Crippen molar-refractivity contribution in [3.63, 3.8) is 0 Å². The van der Waals surface area contributed by atoms with Crippen molar-refractivity contribution >= 4 is 11.4 Å². The first-order valence-electron chi connectivity index (χ1n) is 14.8. The molecule has 3 aromatic carbocycles. The van der Waals surface area contributed by atoms with Crippen LogP contribution in [0.5, 0.6) is 0 Å². The first kappa shape index (κ1) is 30.0. The monoisotopic (exact) mass is 630 g/mol. The molecule has 0 radical (unpaired) electrons. The number of aromatic nitrogens is 3. The van der Waals surface area contributed by atoms with E-state index in [1.807, 2.05) is 60.7 Å². The van der Waals surface area contributed by atoms with Crippen LogP contribution in [-0.2, 0) is 0 Å². The topological polar surface area (TPSA) is 71.2 Å². The summed E-state index contributed by atoms with van der Waals surface area (Å²) in [5.41, 5.74) is 4.66. The number of rotatable bonds is 3. The number of fused-ring (bicyclic) bond motifs is 6. The third kappa shape index (κ3) is 5.32. The lowest BCUT2D eigenvalue weighted by Gasteiger charge is -2.25. The molecule has 3 aromatic heterocycles. The molecule has 0 spiro atoms. The lowest BCUT2D eigenvalue weighted by atomic mass is 9.85. The van der Waals surface area contributed by atoms with E-state index in [0.29, 0.717) is 50.9 Å². The van der Waals surface area contributed by atoms with Crippen molar-refractivity contribution < 1.29 is 13.2 Å². The largest absolute Gasteiger partial charge is 0.256 e. The summed E-state index contributed by atoms with van der Waals surface area (Å²) in [5.74, 6) is -3.89. The van der Waals surface area contributed by atoms with E-state index < -0.39 is 35.2 Å². The van der Waals surface area contributed by atoms with Gasteiger partial charge in [0.25, 0.3) is 0 Å². The minimum atomic E-state index is -0.652. The zero-order valence-electron chi connectivity index (χ0n) is 24.9. The number of hydrogen-bond acceptors (Lipinski definition) is 4. The average molecular weight is 631 g/mol. The number of pyridine rings is 3. The van der Waals surface area contributed by atoms with Crippen LogP contribution in [0.4, 0.5) is 24.5 Å². The third-order valence-corrected chi connectivity index (χ3v) is 8.44. The molecular weight excluding hydrogens is 609 g/mol. The molecule has 7 rings (SSSR count). The Morgan fingerprint density at radius 2 is 0.833 bits per heavy atom. The Bertz CT molecular complexity index is 2050. The summed E-state index contributed by atoms with van der Waals surface area (Å²) < 4.78 is 43.6. The van der Waals surface area contributed by atoms with E-state index in [1.54, 1.807) is 18.2 Å². The van der Waals surface area contributed by atoms with Gasteiger partial charge in [0, 0.05) is 0 Å². The van der Waals surface area contributed by atoms with Crippen LogP contribution in [0.2, 0.25) is 0 Å². The Labute approximate surface area is 274 Å². The van der Waals surface area contributed by atoms with Crippen molar-refractivity contribution in [1.82, 2.24) is 15.0 Å². The van der Waals surface area contributed by atoms with Crippen molar-refractivity contribution in [3.05, 3.63) is 206 Å². The second-order valence-corrected chi connectivity index (χ2v) is 11.3. The summed E-state index contributed by atoms with van der Waals surface area (Å²) in [4.78, 5) is 22.0. The Balaban J connectivity index is 1.56. The molecule has 2 unspecified atom stereocenters.